The fraction of sp³-hybridized carbons (Fsp3) is 0.333. The maximum Gasteiger partial charge on any atom is 0.264 e. The van der Waals surface area contributed by atoms with Gasteiger partial charge >= 0.3 is 0 Å². The van der Waals surface area contributed by atoms with Crippen molar-refractivity contribution in [2.45, 2.75) is 57.5 Å². The van der Waals surface area contributed by atoms with Gasteiger partial charge in [0.25, 0.3) is 10.0 Å². The van der Waals surface area contributed by atoms with Gasteiger partial charge in [-0.1, -0.05) is 74.3 Å². The molecule has 3 aromatic rings. The predicted molar refractivity (Wildman–Crippen MR) is 156 cm³/mol. The zero-order valence-corrected chi connectivity index (χ0v) is 24.2. The van der Waals surface area contributed by atoms with Crippen LogP contribution in [-0.2, 0) is 26.2 Å². The molecule has 0 aliphatic rings. The molecule has 1 N–H and O–H groups in total. The minimum absolute atomic E-state index is 0.0579. The third-order valence-corrected chi connectivity index (χ3v) is 8.58. The molecule has 3 rings (SSSR count). The van der Waals surface area contributed by atoms with Gasteiger partial charge in [-0.3, -0.25) is 13.9 Å². The molecule has 0 radical (unpaired) electrons. The number of hydrogen-bond acceptors (Lipinski definition) is 4. The molecule has 0 bridgehead atoms. The van der Waals surface area contributed by atoms with Crippen LogP contribution >= 0.6 is 11.6 Å². The Labute approximate surface area is 236 Å². The lowest BCUT2D eigenvalue weighted by atomic mass is 10.1. The van der Waals surface area contributed by atoms with Crippen molar-refractivity contribution in [3.8, 4) is 0 Å². The number of nitrogens with one attached hydrogen (secondary N) is 1. The highest BCUT2D eigenvalue weighted by molar-refractivity contribution is 7.92. The van der Waals surface area contributed by atoms with Gasteiger partial charge in [-0.25, -0.2) is 8.42 Å². The lowest BCUT2D eigenvalue weighted by Gasteiger charge is -2.33. The van der Waals surface area contributed by atoms with Crippen molar-refractivity contribution in [1.29, 1.82) is 0 Å². The smallest absolute Gasteiger partial charge is 0.264 e. The molecule has 2 amide bonds. The highest BCUT2D eigenvalue weighted by Gasteiger charge is 2.33. The van der Waals surface area contributed by atoms with Crippen LogP contribution < -0.4 is 9.62 Å². The number of amides is 2. The van der Waals surface area contributed by atoms with E-state index in [4.69, 9.17) is 11.6 Å². The predicted octanol–water partition coefficient (Wildman–Crippen LogP) is 5.57. The van der Waals surface area contributed by atoms with Crippen molar-refractivity contribution in [3.05, 3.63) is 95.0 Å². The molecule has 1 atom stereocenters. The third-order valence-electron chi connectivity index (χ3n) is 6.54. The van der Waals surface area contributed by atoms with Gasteiger partial charge in [0.15, 0.2) is 0 Å². The van der Waals surface area contributed by atoms with Gasteiger partial charge < -0.3 is 10.2 Å². The number of carbonyl (C=O) groups excluding carboxylic acids is 2. The molecule has 3 aromatic carbocycles. The summed E-state index contributed by atoms with van der Waals surface area (Å²) in [6.07, 6.45) is 2.13. The van der Waals surface area contributed by atoms with Gasteiger partial charge in [0.1, 0.15) is 12.6 Å². The Kier molecular flexibility index (Phi) is 10.9. The molecule has 0 fully saturated rings. The van der Waals surface area contributed by atoms with E-state index in [0.29, 0.717) is 23.7 Å². The Morgan fingerprint density at radius 1 is 0.923 bits per heavy atom. The maximum atomic E-state index is 14.0. The fourth-order valence-corrected chi connectivity index (χ4v) is 5.81. The number of rotatable bonds is 13. The van der Waals surface area contributed by atoms with E-state index in [-0.39, 0.29) is 17.3 Å². The van der Waals surface area contributed by atoms with Crippen LogP contribution in [0.1, 0.15) is 44.2 Å². The Balaban J connectivity index is 2.02. The average molecular weight is 570 g/mol. The van der Waals surface area contributed by atoms with Crippen molar-refractivity contribution < 1.29 is 18.0 Å². The monoisotopic (exact) mass is 569 g/mol. The van der Waals surface area contributed by atoms with Crippen LogP contribution in [0.2, 0.25) is 5.02 Å². The van der Waals surface area contributed by atoms with Crippen LogP contribution in [-0.4, -0.2) is 44.3 Å². The van der Waals surface area contributed by atoms with Crippen LogP contribution in [0.4, 0.5) is 5.69 Å². The summed E-state index contributed by atoms with van der Waals surface area (Å²) in [4.78, 5) is 28.8. The summed E-state index contributed by atoms with van der Waals surface area (Å²) in [6.45, 7) is 6.03. The van der Waals surface area contributed by atoms with Gasteiger partial charge in [0, 0.05) is 18.1 Å². The second-order valence-electron chi connectivity index (χ2n) is 9.32. The molecule has 208 valence electrons. The van der Waals surface area contributed by atoms with E-state index in [9.17, 15) is 18.0 Å². The number of aryl methyl sites for hydroxylation is 1. The number of carbonyl (C=O) groups is 2. The number of halogens is 1. The second-order valence-corrected chi connectivity index (χ2v) is 11.6. The summed E-state index contributed by atoms with van der Waals surface area (Å²) in [5, 5.41) is 3.38. The second kappa shape index (κ2) is 14.1. The van der Waals surface area contributed by atoms with Crippen molar-refractivity contribution in [2.24, 2.45) is 0 Å². The zero-order valence-electron chi connectivity index (χ0n) is 22.6. The molecule has 0 saturated carbocycles. The van der Waals surface area contributed by atoms with Crippen LogP contribution in [0.15, 0.2) is 83.8 Å². The summed E-state index contributed by atoms with van der Waals surface area (Å²) in [5.74, 6) is -0.734. The number of nitrogens with zero attached hydrogens (tertiary/aromatic N) is 2. The number of sulfonamides is 1. The van der Waals surface area contributed by atoms with Crippen LogP contribution in [0.5, 0.6) is 0 Å². The van der Waals surface area contributed by atoms with Crippen molar-refractivity contribution >= 4 is 39.1 Å². The Bertz CT molecular complexity index is 1350. The van der Waals surface area contributed by atoms with Crippen molar-refractivity contribution in [1.82, 2.24) is 10.2 Å². The molecule has 0 saturated heterocycles. The number of benzene rings is 3. The maximum absolute atomic E-state index is 14.0. The van der Waals surface area contributed by atoms with Gasteiger partial charge in [0.05, 0.1) is 10.6 Å². The van der Waals surface area contributed by atoms with Gasteiger partial charge in [0.2, 0.25) is 11.8 Å². The molecule has 7 nitrogen and oxygen atoms in total. The Morgan fingerprint density at radius 2 is 1.56 bits per heavy atom. The first-order valence-electron chi connectivity index (χ1n) is 13.1. The first-order chi connectivity index (χ1) is 18.7. The Hall–Kier alpha value is -3.36. The minimum Gasteiger partial charge on any atom is -0.354 e. The lowest BCUT2D eigenvalue weighted by Crippen LogP contribution is -2.52. The van der Waals surface area contributed by atoms with E-state index in [1.54, 1.807) is 42.5 Å². The van der Waals surface area contributed by atoms with Gasteiger partial charge in [-0.15, -0.1) is 0 Å². The first kappa shape index (κ1) is 30.2. The van der Waals surface area contributed by atoms with Crippen molar-refractivity contribution in [2.75, 3.05) is 17.4 Å². The lowest BCUT2D eigenvalue weighted by molar-refractivity contribution is -0.140. The van der Waals surface area contributed by atoms with Crippen LogP contribution in [0.3, 0.4) is 0 Å². The molecule has 0 aromatic heterocycles. The van der Waals surface area contributed by atoms with Gasteiger partial charge in [-0.05, 0) is 67.3 Å². The minimum atomic E-state index is -4.10. The SMILES string of the molecule is CCCCNC(=O)[C@H](CC)N(Cc1ccccc1C)C(=O)CN(c1ccc(Cl)cc1)S(=O)(=O)c1ccccc1. The quantitative estimate of drug-likeness (QED) is 0.273. The van der Waals surface area contributed by atoms with E-state index in [1.165, 1.54) is 17.0 Å². The topological polar surface area (TPSA) is 86.8 Å². The summed E-state index contributed by atoms with van der Waals surface area (Å²) in [6, 6.07) is 21.1. The molecule has 0 aliphatic carbocycles. The van der Waals surface area contributed by atoms with E-state index < -0.39 is 28.5 Å². The largest absolute Gasteiger partial charge is 0.354 e. The molecular weight excluding hydrogens is 534 g/mol. The molecule has 39 heavy (non-hydrogen) atoms. The number of anilines is 1. The first-order valence-corrected chi connectivity index (χ1v) is 15.0. The van der Waals surface area contributed by atoms with Crippen LogP contribution in [0, 0.1) is 6.92 Å². The van der Waals surface area contributed by atoms with E-state index in [1.807, 2.05) is 45.0 Å². The van der Waals surface area contributed by atoms with E-state index in [2.05, 4.69) is 5.32 Å². The fourth-order valence-electron chi connectivity index (χ4n) is 4.25. The van der Waals surface area contributed by atoms with Crippen LogP contribution in [0.25, 0.3) is 0 Å². The standard InChI is InChI=1S/C30H36ClN3O4S/c1-4-6-20-32-30(36)28(5-2)33(21-24-13-11-10-12-23(24)3)29(35)22-34(26-18-16-25(31)17-19-26)39(37,38)27-14-8-7-9-15-27/h7-19,28H,4-6,20-22H2,1-3H3,(H,32,36)/t28-/m0/s1. The highest BCUT2D eigenvalue weighted by atomic mass is 35.5. The molecule has 0 aliphatic heterocycles. The summed E-state index contributed by atoms with van der Waals surface area (Å²) in [7, 11) is -4.10. The summed E-state index contributed by atoms with van der Waals surface area (Å²) >= 11 is 6.07. The molecule has 0 heterocycles. The molecular formula is C30H36ClN3O4S. The number of unbranched alkanes of at least 4 members (excludes halogenated alkanes) is 1. The Morgan fingerprint density at radius 3 is 2.18 bits per heavy atom. The van der Waals surface area contributed by atoms with E-state index >= 15 is 0 Å². The molecule has 0 unspecified atom stereocenters. The number of hydrogen-bond donors (Lipinski definition) is 1. The van der Waals surface area contributed by atoms with E-state index in [0.717, 1.165) is 28.3 Å². The zero-order chi connectivity index (χ0) is 28.4. The third kappa shape index (κ3) is 7.83. The summed E-state index contributed by atoms with van der Waals surface area (Å²) < 4.78 is 28.6. The molecule has 9 heteroatoms. The van der Waals surface area contributed by atoms with Gasteiger partial charge in [-0.2, -0.15) is 0 Å². The normalized spacial score (nSPS) is 12.0. The average Bonchev–Trinajstić information content (AvgIpc) is 2.93. The summed E-state index contributed by atoms with van der Waals surface area (Å²) in [5.41, 5.74) is 2.16. The highest BCUT2D eigenvalue weighted by Crippen LogP contribution is 2.26. The molecule has 0 spiro atoms. The van der Waals surface area contributed by atoms with Crippen molar-refractivity contribution in [3.63, 3.8) is 0 Å².